The number of hydrogen-bond donors (Lipinski definition) is 1. The lowest BCUT2D eigenvalue weighted by Crippen LogP contribution is -2.39. The van der Waals surface area contributed by atoms with Gasteiger partial charge in [0.15, 0.2) is 5.82 Å². The van der Waals surface area contributed by atoms with Crippen molar-refractivity contribution < 1.29 is 0 Å². The number of H-pyrrole nitrogens is 1. The molecule has 7 heteroatoms. The molecule has 168 valence electrons. The highest BCUT2D eigenvalue weighted by atomic mass is 16.1. The molecule has 2 aliphatic rings. The number of hydrogen-bond acceptors (Lipinski definition) is 5. The van der Waals surface area contributed by atoms with Crippen molar-refractivity contribution in [3.05, 3.63) is 81.4 Å². The van der Waals surface area contributed by atoms with Crippen LogP contribution in [0.3, 0.4) is 0 Å². The lowest BCUT2D eigenvalue weighted by molar-refractivity contribution is 0.423. The molecule has 2 atom stereocenters. The Morgan fingerprint density at radius 1 is 1.09 bits per heavy atom. The Morgan fingerprint density at radius 3 is 2.76 bits per heavy atom. The van der Waals surface area contributed by atoms with Gasteiger partial charge in [0.2, 0.25) is 0 Å². The van der Waals surface area contributed by atoms with E-state index in [1.54, 1.807) is 0 Å². The number of fused-ring (bicyclic) bond motifs is 2. The van der Waals surface area contributed by atoms with Gasteiger partial charge in [0, 0.05) is 22.8 Å². The van der Waals surface area contributed by atoms with Crippen LogP contribution in [0.25, 0.3) is 10.9 Å². The molecule has 3 heterocycles. The lowest BCUT2D eigenvalue weighted by atomic mass is 10.0. The Kier molecular flexibility index (Phi) is 4.78. The largest absolute Gasteiger partial charge is 0.354 e. The first-order valence-electron chi connectivity index (χ1n) is 11.9. The average molecular weight is 441 g/mol. The van der Waals surface area contributed by atoms with Crippen LogP contribution in [-0.2, 0) is 6.42 Å². The van der Waals surface area contributed by atoms with Gasteiger partial charge in [-0.3, -0.25) is 4.79 Å². The van der Waals surface area contributed by atoms with Crippen LogP contribution >= 0.6 is 0 Å². The van der Waals surface area contributed by atoms with Crippen molar-refractivity contribution in [1.29, 1.82) is 0 Å². The first-order chi connectivity index (χ1) is 16.1. The van der Waals surface area contributed by atoms with Gasteiger partial charge < -0.3 is 9.88 Å². The Balaban J connectivity index is 1.59. The standard InChI is InChI=1S/C26H28N6O/c1-16-11-12-22-19(13-16)15-21(26(33)27-22)24(25-28-29-30-32(25)20-8-4-5-9-20)31-17(2)14-18-7-3-6-10-23(18)31/h3,6-7,10-13,15,17,20,24H,4-5,8-9,14H2,1-2H3,(H,27,33)/t17-,24-/m1/s1. The molecule has 6 rings (SSSR count). The fraction of sp³-hybridized carbons (Fsp3) is 0.385. The second-order valence-electron chi connectivity index (χ2n) is 9.56. The number of rotatable bonds is 4. The summed E-state index contributed by atoms with van der Waals surface area (Å²) < 4.78 is 1.99. The van der Waals surface area contributed by atoms with Crippen molar-refractivity contribution in [2.45, 2.75) is 64.1 Å². The predicted octanol–water partition coefficient (Wildman–Crippen LogP) is 4.48. The van der Waals surface area contributed by atoms with Gasteiger partial charge in [-0.2, -0.15) is 0 Å². The summed E-state index contributed by atoms with van der Waals surface area (Å²) in [4.78, 5) is 19.0. The normalized spacial score (nSPS) is 19.3. The van der Waals surface area contributed by atoms with Crippen molar-refractivity contribution >= 4 is 16.6 Å². The van der Waals surface area contributed by atoms with Gasteiger partial charge >= 0.3 is 0 Å². The number of para-hydroxylation sites is 1. The van der Waals surface area contributed by atoms with Crippen molar-refractivity contribution in [2.24, 2.45) is 0 Å². The molecule has 1 saturated carbocycles. The molecule has 0 spiro atoms. The molecule has 1 aliphatic heterocycles. The molecule has 0 radical (unpaired) electrons. The summed E-state index contributed by atoms with van der Waals surface area (Å²) in [6.45, 7) is 4.29. The molecule has 33 heavy (non-hydrogen) atoms. The summed E-state index contributed by atoms with van der Waals surface area (Å²) in [6, 6.07) is 16.8. The number of anilines is 1. The van der Waals surface area contributed by atoms with E-state index < -0.39 is 0 Å². The molecule has 1 N–H and O–H groups in total. The molecule has 0 bridgehead atoms. The molecule has 0 unspecified atom stereocenters. The van der Waals surface area contributed by atoms with Crippen molar-refractivity contribution in [1.82, 2.24) is 25.2 Å². The molecular weight excluding hydrogens is 412 g/mol. The van der Waals surface area contributed by atoms with Crippen LogP contribution in [0.5, 0.6) is 0 Å². The van der Waals surface area contributed by atoms with Gasteiger partial charge in [0.1, 0.15) is 6.04 Å². The van der Waals surface area contributed by atoms with E-state index in [0.29, 0.717) is 5.56 Å². The molecule has 4 aromatic rings. The molecule has 1 aliphatic carbocycles. The maximum atomic E-state index is 13.5. The third-order valence-corrected chi connectivity index (χ3v) is 7.29. The summed E-state index contributed by atoms with van der Waals surface area (Å²) >= 11 is 0. The zero-order chi connectivity index (χ0) is 22.5. The number of aromatic nitrogens is 5. The second kappa shape index (κ2) is 7.83. The number of pyridine rings is 1. The molecule has 7 nitrogen and oxygen atoms in total. The van der Waals surface area contributed by atoms with Crippen LogP contribution in [0.2, 0.25) is 0 Å². The minimum atomic E-state index is -0.368. The van der Waals surface area contributed by atoms with E-state index in [-0.39, 0.29) is 23.7 Å². The van der Waals surface area contributed by atoms with Crippen LogP contribution in [0.1, 0.15) is 67.2 Å². The number of tetrazole rings is 1. The molecule has 0 saturated heterocycles. The van der Waals surface area contributed by atoms with Gasteiger partial charge in [-0.15, -0.1) is 5.10 Å². The Hall–Kier alpha value is -3.48. The average Bonchev–Trinajstić information content (AvgIpc) is 3.55. The minimum Gasteiger partial charge on any atom is -0.354 e. The molecule has 2 aromatic heterocycles. The van der Waals surface area contributed by atoms with Crippen molar-refractivity contribution in [3.8, 4) is 0 Å². The molecule has 0 amide bonds. The van der Waals surface area contributed by atoms with Crippen LogP contribution in [0, 0.1) is 6.92 Å². The number of nitrogens with one attached hydrogen (secondary N) is 1. The van der Waals surface area contributed by atoms with Crippen molar-refractivity contribution in [3.63, 3.8) is 0 Å². The SMILES string of the molecule is Cc1ccc2[nH]c(=O)c([C@H](c3nnnn3C3CCCC3)N3c4ccccc4C[C@H]3C)cc2c1. The monoisotopic (exact) mass is 440 g/mol. The highest BCUT2D eigenvalue weighted by Gasteiger charge is 2.39. The number of aromatic amines is 1. The summed E-state index contributed by atoms with van der Waals surface area (Å²) in [7, 11) is 0. The Bertz CT molecular complexity index is 1380. The molecule has 1 fully saturated rings. The first-order valence-corrected chi connectivity index (χ1v) is 11.9. The fourth-order valence-electron chi connectivity index (χ4n) is 5.73. The van der Waals surface area contributed by atoms with Crippen LogP contribution in [0.15, 0.2) is 53.3 Å². The summed E-state index contributed by atoms with van der Waals surface area (Å²) in [5.41, 5.74) is 5.05. The lowest BCUT2D eigenvalue weighted by Gasteiger charge is -2.34. The van der Waals surface area contributed by atoms with Gasteiger partial charge in [0.25, 0.3) is 5.56 Å². The van der Waals surface area contributed by atoms with Crippen molar-refractivity contribution in [2.75, 3.05) is 4.90 Å². The topological polar surface area (TPSA) is 79.7 Å². The van der Waals surface area contributed by atoms with Crippen LogP contribution in [0.4, 0.5) is 5.69 Å². The van der Waals surface area contributed by atoms with E-state index in [1.807, 2.05) is 22.9 Å². The smallest absolute Gasteiger partial charge is 0.254 e. The van der Waals surface area contributed by atoms with Crippen LogP contribution in [-0.4, -0.2) is 31.2 Å². The number of benzene rings is 2. The van der Waals surface area contributed by atoms with E-state index in [0.717, 1.165) is 47.2 Å². The maximum absolute atomic E-state index is 13.5. The summed E-state index contributed by atoms with van der Waals surface area (Å²) in [5, 5.41) is 14.1. The van der Waals surface area contributed by atoms with Crippen LogP contribution < -0.4 is 10.5 Å². The Morgan fingerprint density at radius 2 is 1.91 bits per heavy atom. The third kappa shape index (κ3) is 3.34. The summed E-state index contributed by atoms with van der Waals surface area (Å²) in [6.07, 6.45) is 5.46. The molecule has 2 aromatic carbocycles. The highest BCUT2D eigenvalue weighted by molar-refractivity contribution is 5.80. The predicted molar refractivity (Wildman–Crippen MR) is 129 cm³/mol. The van der Waals surface area contributed by atoms with E-state index >= 15 is 0 Å². The van der Waals surface area contributed by atoms with E-state index in [2.05, 4.69) is 69.6 Å². The molecular formula is C26H28N6O. The zero-order valence-electron chi connectivity index (χ0n) is 19.0. The van der Waals surface area contributed by atoms with Gasteiger partial charge in [-0.25, -0.2) is 4.68 Å². The van der Waals surface area contributed by atoms with Gasteiger partial charge in [-0.1, -0.05) is 42.7 Å². The fourth-order valence-corrected chi connectivity index (χ4v) is 5.73. The summed E-state index contributed by atoms with van der Waals surface area (Å²) in [5.74, 6) is 0.753. The number of nitrogens with zero attached hydrogens (tertiary/aromatic N) is 5. The van der Waals surface area contributed by atoms with E-state index in [9.17, 15) is 4.79 Å². The first kappa shape index (κ1) is 20.1. The van der Waals surface area contributed by atoms with E-state index in [1.165, 1.54) is 18.4 Å². The van der Waals surface area contributed by atoms with Gasteiger partial charge in [0.05, 0.1) is 6.04 Å². The quantitative estimate of drug-likeness (QED) is 0.506. The third-order valence-electron chi connectivity index (χ3n) is 7.29. The maximum Gasteiger partial charge on any atom is 0.254 e. The number of aryl methyl sites for hydroxylation is 1. The van der Waals surface area contributed by atoms with E-state index in [4.69, 9.17) is 0 Å². The highest BCUT2D eigenvalue weighted by Crippen LogP contribution is 2.42. The second-order valence-corrected chi connectivity index (χ2v) is 9.56. The Labute approximate surface area is 192 Å². The minimum absolute atomic E-state index is 0.0890. The van der Waals surface area contributed by atoms with Gasteiger partial charge in [-0.05, 0) is 78.8 Å². The zero-order valence-corrected chi connectivity index (χ0v) is 19.0.